The van der Waals surface area contributed by atoms with E-state index in [0.717, 1.165) is 17.8 Å². The van der Waals surface area contributed by atoms with E-state index in [-0.39, 0.29) is 0 Å². The summed E-state index contributed by atoms with van der Waals surface area (Å²) < 4.78 is 12.4. The summed E-state index contributed by atoms with van der Waals surface area (Å²) in [7, 11) is 0. The average molecular weight is 180 g/mol. The van der Waals surface area contributed by atoms with Gasteiger partial charge in [0.1, 0.15) is 6.67 Å². The van der Waals surface area contributed by atoms with Gasteiger partial charge in [0.05, 0.1) is 0 Å². The third-order valence-corrected chi connectivity index (χ3v) is 1.79. The predicted molar refractivity (Wildman–Crippen MR) is 52.1 cm³/mol. The monoisotopic (exact) mass is 180 g/mol. The van der Waals surface area contributed by atoms with Crippen LogP contribution in [0.25, 0.3) is 0 Å². The Morgan fingerprint density at radius 3 is 3.08 bits per heavy atom. The molecule has 0 aliphatic carbocycles. The summed E-state index contributed by atoms with van der Waals surface area (Å²) >= 11 is 0. The van der Waals surface area contributed by atoms with E-state index in [2.05, 4.69) is 16.9 Å². The number of aromatic nitrogens is 1. The number of allylic oxidation sites excluding steroid dienone is 1. The summed E-state index contributed by atoms with van der Waals surface area (Å²) in [6.45, 7) is 5.27. The molecule has 1 rings (SSSR count). The average Bonchev–Trinajstić information content (AvgIpc) is 2.18. The Morgan fingerprint density at radius 2 is 2.46 bits per heavy atom. The maximum Gasteiger partial charge on any atom is 0.118 e. The Bertz CT molecular complexity index is 297. The van der Waals surface area contributed by atoms with Gasteiger partial charge in [-0.2, -0.15) is 0 Å². The second-order valence-corrected chi connectivity index (χ2v) is 2.75. The lowest BCUT2D eigenvalue weighted by atomic mass is 10.2. The maximum absolute atomic E-state index is 12.4. The first-order valence-electron chi connectivity index (χ1n) is 4.21. The van der Waals surface area contributed by atoms with Crippen LogP contribution in [0.1, 0.15) is 18.9 Å². The molecule has 0 atom stereocenters. The Morgan fingerprint density at radius 1 is 1.69 bits per heavy atom. The van der Waals surface area contributed by atoms with Crippen LogP contribution in [0.15, 0.2) is 30.7 Å². The fourth-order valence-corrected chi connectivity index (χ4v) is 0.934. The van der Waals surface area contributed by atoms with E-state index in [0.29, 0.717) is 5.56 Å². The highest BCUT2D eigenvalue weighted by atomic mass is 19.1. The molecule has 2 nitrogen and oxygen atoms in total. The smallest absolute Gasteiger partial charge is 0.118 e. The standard InChI is InChI=1S/C10H13FN2/c1-3-8(2)13-10-4-5-12-7-9(10)6-11/h4-5,7H,2-3,6H2,1H3,(H,12,13). The number of nitrogens with zero attached hydrogens (tertiary/aromatic N) is 1. The molecule has 0 fully saturated rings. The SMILES string of the molecule is C=C(CC)Nc1ccncc1CF. The van der Waals surface area contributed by atoms with Crippen molar-refractivity contribution in [3.63, 3.8) is 0 Å². The van der Waals surface area contributed by atoms with Gasteiger partial charge >= 0.3 is 0 Å². The highest BCUT2D eigenvalue weighted by molar-refractivity contribution is 5.52. The number of pyridine rings is 1. The maximum atomic E-state index is 12.4. The molecular weight excluding hydrogens is 167 g/mol. The number of nitrogens with one attached hydrogen (secondary N) is 1. The molecule has 0 radical (unpaired) electrons. The molecule has 0 aliphatic rings. The normalized spacial score (nSPS) is 9.69. The highest BCUT2D eigenvalue weighted by Gasteiger charge is 2.01. The lowest BCUT2D eigenvalue weighted by molar-refractivity contribution is 0.485. The van der Waals surface area contributed by atoms with Gasteiger partial charge in [-0.15, -0.1) is 0 Å². The van der Waals surface area contributed by atoms with E-state index in [1.165, 1.54) is 6.20 Å². The Kier molecular flexibility index (Phi) is 3.43. The van der Waals surface area contributed by atoms with E-state index in [1.807, 2.05) is 6.92 Å². The summed E-state index contributed by atoms with van der Waals surface area (Å²) in [4.78, 5) is 3.84. The minimum atomic E-state index is -0.507. The molecule has 0 aliphatic heterocycles. The van der Waals surface area contributed by atoms with E-state index in [4.69, 9.17) is 0 Å². The molecule has 70 valence electrons. The van der Waals surface area contributed by atoms with Crippen LogP contribution >= 0.6 is 0 Å². The van der Waals surface area contributed by atoms with Crippen LogP contribution in [0.3, 0.4) is 0 Å². The molecule has 0 aromatic carbocycles. The third kappa shape index (κ3) is 2.54. The molecule has 1 aromatic rings. The number of anilines is 1. The van der Waals surface area contributed by atoms with E-state index in [1.54, 1.807) is 12.3 Å². The van der Waals surface area contributed by atoms with Crippen molar-refractivity contribution < 1.29 is 4.39 Å². The minimum Gasteiger partial charge on any atom is -0.359 e. The van der Waals surface area contributed by atoms with Gasteiger partial charge in [0.25, 0.3) is 0 Å². The van der Waals surface area contributed by atoms with Crippen molar-refractivity contribution in [3.05, 3.63) is 36.3 Å². The topological polar surface area (TPSA) is 24.9 Å². The van der Waals surface area contributed by atoms with Crippen molar-refractivity contribution in [2.45, 2.75) is 20.0 Å². The second-order valence-electron chi connectivity index (χ2n) is 2.75. The number of halogens is 1. The van der Waals surface area contributed by atoms with Crippen molar-refractivity contribution in [1.82, 2.24) is 4.98 Å². The van der Waals surface area contributed by atoms with Crippen LogP contribution in [-0.4, -0.2) is 4.98 Å². The molecule has 0 amide bonds. The quantitative estimate of drug-likeness (QED) is 0.770. The first-order chi connectivity index (χ1) is 6.27. The predicted octanol–water partition coefficient (Wildman–Crippen LogP) is 2.89. The molecule has 1 heterocycles. The number of hydrogen-bond donors (Lipinski definition) is 1. The zero-order valence-corrected chi connectivity index (χ0v) is 7.68. The van der Waals surface area contributed by atoms with Gasteiger partial charge in [-0.3, -0.25) is 4.98 Å². The highest BCUT2D eigenvalue weighted by Crippen LogP contribution is 2.16. The van der Waals surface area contributed by atoms with Crippen LogP contribution < -0.4 is 5.32 Å². The van der Waals surface area contributed by atoms with Crippen molar-refractivity contribution in [2.24, 2.45) is 0 Å². The number of rotatable bonds is 4. The molecule has 0 saturated heterocycles. The molecule has 0 unspecified atom stereocenters. The van der Waals surface area contributed by atoms with Gasteiger partial charge in [-0.05, 0) is 12.5 Å². The van der Waals surface area contributed by atoms with Crippen molar-refractivity contribution in [3.8, 4) is 0 Å². The van der Waals surface area contributed by atoms with Gasteiger partial charge in [0.15, 0.2) is 0 Å². The molecule has 13 heavy (non-hydrogen) atoms. The third-order valence-electron chi connectivity index (χ3n) is 1.79. The van der Waals surface area contributed by atoms with Gasteiger partial charge in [0, 0.05) is 29.3 Å². The summed E-state index contributed by atoms with van der Waals surface area (Å²) in [5.74, 6) is 0. The molecule has 0 bridgehead atoms. The lowest BCUT2D eigenvalue weighted by Crippen LogP contribution is -1.99. The molecule has 1 aromatic heterocycles. The molecule has 3 heteroatoms. The Hall–Kier alpha value is -1.38. The van der Waals surface area contributed by atoms with Crippen LogP contribution in [0.4, 0.5) is 10.1 Å². The molecule has 1 N–H and O–H groups in total. The molecular formula is C10H13FN2. The number of hydrogen-bond acceptors (Lipinski definition) is 2. The van der Waals surface area contributed by atoms with E-state index < -0.39 is 6.67 Å². The fourth-order valence-electron chi connectivity index (χ4n) is 0.934. The van der Waals surface area contributed by atoms with Crippen LogP contribution in [-0.2, 0) is 6.67 Å². The van der Waals surface area contributed by atoms with Gasteiger partial charge in [-0.25, -0.2) is 4.39 Å². The van der Waals surface area contributed by atoms with Crippen molar-refractivity contribution in [1.29, 1.82) is 0 Å². The van der Waals surface area contributed by atoms with Crippen LogP contribution in [0, 0.1) is 0 Å². The van der Waals surface area contributed by atoms with Gasteiger partial charge < -0.3 is 5.32 Å². The first-order valence-corrected chi connectivity index (χ1v) is 4.21. The van der Waals surface area contributed by atoms with E-state index in [9.17, 15) is 4.39 Å². The van der Waals surface area contributed by atoms with Gasteiger partial charge in [0.2, 0.25) is 0 Å². The minimum absolute atomic E-state index is 0.507. The van der Waals surface area contributed by atoms with Crippen molar-refractivity contribution >= 4 is 5.69 Å². The summed E-state index contributed by atoms with van der Waals surface area (Å²) in [6, 6.07) is 1.75. The largest absolute Gasteiger partial charge is 0.359 e. The first kappa shape index (κ1) is 9.71. The summed E-state index contributed by atoms with van der Waals surface area (Å²) in [6.07, 6.45) is 3.98. The molecule has 0 saturated carbocycles. The summed E-state index contributed by atoms with van der Waals surface area (Å²) in [5, 5.41) is 3.04. The van der Waals surface area contributed by atoms with E-state index >= 15 is 0 Å². The fraction of sp³-hybridized carbons (Fsp3) is 0.300. The lowest BCUT2D eigenvalue weighted by Gasteiger charge is -2.09. The second kappa shape index (κ2) is 4.60. The summed E-state index contributed by atoms with van der Waals surface area (Å²) in [5.41, 5.74) is 2.20. The van der Waals surface area contributed by atoms with Crippen molar-refractivity contribution in [2.75, 3.05) is 5.32 Å². The number of alkyl halides is 1. The Balaban J connectivity index is 2.81. The van der Waals surface area contributed by atoms with Gasteiger partial charge in [-0.1, -0.05) is 13.5 Å². The van der Waals surface area contributed by atoms with Crippen LogP contribution in [0.5, 0.6) is 0 Å². The zero-order chi connectivity index (χ0) is 9.68. The zero-order valence-electron chi connectivity index (χ0n) is 7.68. The Labute approximate surface area is 77.5 Å². The van der Waals surface area contributed by atoms with Crippen LogP contribution in [0.2, 0.25) is 0 Å². The molecule has 0 spiro atoms.